The van der Waals surface area contributed by atoms with Crippen LogP contribution in [0.1, 0.15) is 28.4 Å². The molecule has 0 atom stereocenters. The van der Waals surface area contributed by atoms with Crippen LogP contribution in [0.2, 0.25) is 0 Å². The SMILES string of the molecule is Cc1nn(-c2ccccc2)c(C)c1CNC(=O)Cc1nc(-c2ccccc2)oc1C. The van der Waals surface area contributed by atoms with Crippen LogP contribution in [-0.2, 0) is 17.8 Å². The minimum atomic E-state index is -0.0997. The van der Waals surface area contributed by atoms with E-state index in [0.29, 0.717) is 23.9 Å². The van der Waals surface area contributed by atoms with Crippen LogP contribution in [0.3, 0.4) is 0 Å². The molecule has 0 bridgehead atoms. The van der Waals surface area contributed by atoms with Crippen molar-refractivity contribution in [2.75, 3.05) is 0 Å². The number of nitrogens with zero attached hydrogens (tertiary/aromatic N) is 3. The minimum Gasteiger partial charge on any atom is -0.441 e. The fourth-order valence-electron chi connectivity index (χ4n) is 3.45. The molecule has 6 heteroatoms. The van der Waals surface area contributed by atoms with Gasteiger partial charge in [-0.15, -0.1) is 0 Å². The summed E-state index contributed by atoms with van der Waals surface area (Å²) in [6.07, 6.45) is 0.174. The monoisotopic (exact) mass is 400 g/mol. The van der Waals surface area contributed by atoms with Crippen LogP contribution in [0.4, 0.5) is 0 Å². The molecule has 152 valence electrons. The molecule has 0 aliphatic carbocycles. The largest absolute Gasteiger partial charge is 0.441 e. The maximum atomic E-state index is 12.6. The zero-order chi connectivity index (χ0) is 21.1. The van der Waals surface area contributed by atoms with Crippen molar-refractivity contribution in [2.45, 2.75) is 33.7 Å². The molecule has 2 heterocycles. The van der Waals surface area contributed by atoms with Crippen molar-refractivity contribution in [1.29, 1.82) is 0 Å². The quantitative estimate of drug-likeness (QED) is 0.523. The first kappa shape index (κ1) is 19.6. The molecule has 6 nitrogen and oxygen atoms in total. The number of nitrogens with one attached hydrogen (secondary N) is 1. The van der Waals surface area contributed by atoms with E-state index in [4.69, 9.17) is 4.42 Å². The first-order chi connectivity index (χ1) is 14.5. The number of oxazole rings is 1. The molecule has 0 unspecified atom stereocenters. The zero-order valence-corrected chi connectivity index (χ0v) is 17.3. The van der Waals surface area contributed by atoms with Gasteiger partial charge in [0.2, 0.25) is 11.8 Å². The second-order valence-electron chi connectivity index (χ2n) is 7.24. The smallest absolute Gasteiger partial charge is 0.226 e. The Kier molecular flexibility index (Phi) is 5.48. The van der Waals surface area contributed by atoms with Crippen molar-refractivity contribution in [3.63, 3.8) is 0 Å². The Morgan fingerprint density at radius 2 is 1.67 bits per heavy atom. The van der Waals surface area contributed by atoms with Gasteiger partial charge in [0.05, 0.1) is 23.5 Å². The molecule has 30 heavy (non-hydrogen) atoms. The lowest BCUT2D eigenvalue weighted by molar-refractivity contribution is -0.120. The molecule has 0 saturated heterocycles. The molecular weight excluding hydrogens is 376 g/mol. The summed E-state index contributed by atoms with van der Waals surface area (Å²) in [7, 11) is 0. The summed E-state index contributed by atoms with van der Waals surface area (Å²) >= 11 is 0. The molecule has 1 N–H and O–H groups in total. The molecule has 4 aromatic rings. The predicted molar refractivity (Wildman–Crippen MR) is 115 cm³/mol. The number of hydrogen-bond acceptors (Lipinski definition) is 4. The summed E-state index contributed by atoms with van der Waals surface area (Å²) in [5.74, 6) is 1.09. The summed E-state index contributed by atoms with van der Waals surface area (Å²) in [4.78, 5) is 17.1. The van der Waals surface area contributed by atoms with Gasteiger partial charge in [-0.2, -0.15) is 5.10 Å². The van der Waals surface area contributed by atoms with Crippen molar-refractivity contribution in [2.24, 2.45) is 0 Å². The van der Waals surface area contributed by atoms with Crippen LogP contribution in [0, 0.1) is 20.8 Å². The van der Waals surface area contributed by atoms with Crippen LogP contribution < -0.4 is 5.32 Å². The number of aryl methyl sites for hydroxylation is 2. The van der Waals surface area contributed by atoms with E-state index in [0.717, 1.165) is 28.2 Å². The lowest BCUT2D eigenvalue weighted by atomic mass is 10.2. The number of rotatable bonds is 6. The third-order valence-corrected chi connectivity index (χ3v) is 5.15. The van der Waals surface area contributed by atoms with Gasteiger partial charge in [0.15, 0.2) is 0 Å². The second-order valence-corrected chi connectivity index (χ2v) is 7.24. The van der Waals surface area contributed by atoms with Crippen molar-refractivity contribution in [3.05, 3.63) is 89.1 Å². The van der Waals surface area contributed by atoms with E-state index >= 15 is 0 Å². The Hall–Kier alpha value is -3.67. The van der Waals surface area contributed by atoms with Gasteiger partial charge in [-0.25, -0.2) is 9.67 Å². The predicted octanol–water partition coefficient (Wildman–Crippen LogP) is 4.31. The number of aromatic nitrogens is 3. The second kappa shape index (κ2) is 8.37. The van der Waals surface area contributed by atoms with E-state index in [2.05, 4.69) is 15.4 Å². The number of hydrogen-bond donors (Lipinski definition) is 1. The molecule has 4 rings (SSSR count). The van der Waals surface area contributed by atoms with Crippen LogP contribution in [-0.4, -0.2) is 20.7 Å². The van der Waals surface area contributed by atoms with Crippen molar-refractivity contribution in [3.8, 4) is 17.1 Å². The third-order valence-electron chi connectivity index (χ3n) is 5.15. The number of carbonyl (C=O) groups excluding carboxylic acids is 1. The standard InChI is InChI=1S/C24H24N4O2/c1-16-21(17(2)28(27-16)20-12-8-5-9-13-20)15-25-23(29)14-22-18(3)30-24(26-22)19-10-6-4-7-11-19/h4-13H,14-15H2,1-3H3,(H,25,29). The summed E-state index contributed by atoms with van der Waals surface area (Å²) < 4.78 is 7.66. The molecule has 0 radical (unpaired) electrons. The van der Waals surface area contributed by atoms with Gasteiger partial charge in [-0.05, 0) is 45.0 Å². The average molecular weight is 400 g/mol. The molecule has 0 fully saturated rings. The molecule has 1 amide bonds. The molecule has 0 spiro atoms. The molecule has 2 aromatic heterocycles. The maximum Gasteiger partial charge on any atom is 0.226 e. The van der Waals surface area contributed by atoms with Gasteiger partial charge in [-0.1, -0.05) is 36.4 Å². The minimum absolute atomic E-state index is 0.0997. The van der Waals surface area contributed by atoms with E-state index in [1.807, 2.05) is 86.1 Å². The topological polar surface area (TPSA) is 73.0 Å². The Morgan fingerprint density at radius 3 is 2.37 bits per heavy atom. The van der Waals surface area contributed by atoms with Crippen LogP contribution in [0.15, 0.2) is 65.1 Å². The van der Waals surface area contributed by atoms with Crippen molar-refractivity contribution in [1.82, 2.24) is 20.1 Å². The Bertz CT molecular complexity index is 1160. The summed E-state index contributed by atoms with van der Waals surface area (Å²) in [5.41, 5.74) is 5.49. The highest BCUT2D eigenvalue weighted by Crippen LogP contribution is 2.22. The average Bonchev–Trinajstić information content (AvgIpc) is 3.27. The lowest BCUT2D eigenvalue weighted by Gasteiger charge is -2.07. The van der Waals surface area contributed by atoms with Crippen molar-refractivity contribution >= 4 is 5.91 Å². The number of benzene rings is 2. The summed E-state index contributed by atoms with van der Waals surface area (Å²) in [6, 6.07) is 19.6. The lowest BCUT2D eigenvalue weighted by Crippen LogP contribution is -2.25. The van der Waals surface area contributed by atoms with Crippen molar-refractivity contribution < 1.29 is 9.21 Å². The van der Waals surface area contributed by atoms with Crippen LogP contribution >= 0.6 is 0 Å². The summed E-state index contributed by atoms with van der Waals surface area (Å²) in [6.45, 7) is 6.23. The number of carbonyl (C=O) groups is 1. The van der Waals surface area contributed by atoms with E-state index < -0.39 is 0 Å². The van der Waals surface area contributed by atoms with E-state index in [9.17, 15) is 4.79 Å². The molecule has 0 aliphatic rings. The van der Waals surface area contributed by atoms with Gasteiger partial charge in [0.1, 0.15) is 5.76 Å². The van der Waals surface area contributed by atoms with Crippen LogP contribution in [0.5, 0.6) is 0 Å². The normalized spacial score (nSPS) is 10.9. The van der Waals surface area contributed by atoms with Crippen LogP contribution in [0.25, 0.3) is 17.1 Å². The molecular formula is C24H24N4O2. The van der Waals surface area contributed by atoms with Gasteiger partial charge in [0.25, 0.3) is 0 Å². The highest BCUT2D eigenvalue weighted by Gasteiger charge is 2.17. The Labute approximate surface area is 175 Å². The Morgan fingerprint density at radius 1 is 1.00 bits per heavy atom. The molecule has 0 saturated carbocycles. The maximum absolute atomic E-state index is 12.6. The van der Waals surface area contributed by atoms with E-state index in [1.54, 1.807) is 0 Å². The van der Waals surface area contributed by atoms with Gasteiger partial charge in [-0.3, -0.25) is 4.79 Å². The van der Waals surface area contributed by atoms with Gasteiger partial charge < -0.3 is 9.73 Å². The first-order valence-electron chi connectivity index (χ1n) is 9.92. The zero-order valence-electron chi connectivity index (χ0n) is 17.3. The molecule has 0 aliphatic heterocycles. The molecule has 2 aromatic carbocycles. The highest BCUT2D eigenvalue weighted by molar-refractivity contribution is 5.78. The number of para-hydroxylation sites is 1. The number of amides is 1. The fourth-order valence-corrected chi connectivity index (χ4v) is 3.45. The van der Waals surface area contributed by atoms with Gasteiger partial charge >= 0.3 is 0 Å². The van der Waals surface area contributed by atoms with Gasteiger partial charge in [0, 0.05) is 23.4 Å². The third kappa shape index (κ3) is 4.03. The Balaban J connectivity index is 1.44. The van der Waals surface area contributed by atoms with E-state index in [1.165, 1.54) is 0 Å². The fraction of sp³-hybridized carbons (Fsp3) is 0.208. The highest BCUT2D eigenvalue weighted by atomic mass is 16.4. The summed E-state index contributed by atoms with van der Waals surface area (Å²) in [5, 5.41) is 7.63. The first-order valence-corrected chi connectivity index (χ1v) is 9.92. The van der Waals surface area contributed by atoms with E-state index in [-0.39, 0.29) is 12.3 Å².